The lowest BCUT2D eigenvalue weighted by Gasteiger charge is -2.11. The molecule has 5 N–H and O–H groups in total. The summed E-state index contributed by atoms with van der Waals surface area (Å²) in [6, 6.07) is 12.8. The Bertz CT molecular complexity index is 775. The summed E-state index contributed by atoms with van der Waals surface area (Å²) in [6.07, 6.45) is 1.75. The molecule has 2 aromatic rings. The van der Waals surface area contributed by atoms with Crippen molar-refractivity contribution in [2.75, 3.05) is 13.1 Å². The van der Waals surface area contributed by atoms with E-state index in [0.717, 1.165) is 17.8 Å². The summed E-state index contributed by atoms with van der Waals surface area (Å²) in [5, 5.41) is 8.87. The molecule has 0 aliphatic rings. The first-order valence-electron chi connectivity index (χ1n) is 8.66. The number of aromatic nitrogens is 1. The van der Waals surface area contributed by atoms with Crippen LogP contribution in [-0.2, 0) is 17.9 Å². The molecule has 8 nitrogen and oxygen atoms in total. The predicted molar refractivity (Wildman–Crippen MR) is 104 cm³/mol. The van der Waals surface area contributed by atoms with Gasteiger partial charge in [0.05, 0.1) is 25.3 Å². The van der Waals surface area contributed by atoms with Gasteiger partial charge in [-0.25, -0.2) is 4.99 Å². The lowest BCUT2D eigenvalue weighted by molar-refractivity contribution is -0.117. The predicted octanol–water partition coefficient (Wildman–Crippen LogP) is 0.552. The van der Waals surface area contributed by atoms with Gasteiger partial charge in [0.25, 0.3) is 5.91 Å². The number of aliphatic imine (C=N–C) groups is 1. The van der Waals surface area contributed by atoms with Crippen LogP contribution in [0, 0.1) is 0 Å². The van der Waals surface area contributed by atoms with Crippen LogP contribution in [0.3, 0.4) is 0 Å². The first-order valence-corrected chi connectivity index (χ1v) is 8.66. The van der Waals surface area contributed by atoms with E-state index >= 15 is 0 Å². The van der Waals surface area contributed by atoms with E-state index in [1.807, 2.05) is 37.3 Å². The van der Waals surface area contributed by atoms with Gasteiger partial charge in [0.1, 0.15) is 0 Å². The van der Waals surface area contributed by atoms with Crippen molar-refractivity contribution in [3.8, 4) is 0 Å². The Morgan fingerprint density at radius 1 is 1.07 bits per heavy atom. The molecule has 0 saturated heterocycles. The number of nitrogens with two attached hydrogens (primary N) is 1. The number of hydrogen-bond acceptors (Lipinski definition) is 4. The molecule has 142 valence electrons. The SMILES string of the molecule is CCNC(=NCc1ccc(C(=O)NCC(N)=O)cc1)NCc1ccccn1. The maximum absolute atomic E-state index is 11.9. The van der Waals surface area contributed by atoms with E-state index in [1.165, 1.54) is 0 Å². The Kier molecular flexibility index (Phi) is 7.77. The Hall–Kier alpha value is -3.42. The lowest BCUT2D eigenvalue weighted by atomic mass is 10.1. The summed E-state index contributed by atoms with van der Waals surface area (Å²) < 4.78 is 0. The highest BCUT2D eigenvalue weighted by Gasteiger charge is 2.06. The van der Waals surface area contributed by atoms with Gasteiger partial charge < -0.3 is 21.7 Å². The summed E-state index contributed by atoms with van der Waals surface area (Å²) in [5.41, 5.74) is 7.36. The second kappa shape index (κ2) is 10.5. The van der Waals surface area contributed by atoms with E-state index in [2.05, 4.69) is 25.9 Å². The number of rotatable bonds is 8. The zero-order valence-corrected chi connectivity index (χ0v) is 15.2. The van der Waals surface area contributed by atoms with Gasteiger partial charge in [-0.3, -0.25) is 14.6 Å². The van der Waals surface area contributed by atoms with Gasteiger partial charge >= 0.3 is 0 Å². The number of nitrogens with one attached hydrogen (secondary N) is 3. The smallest absolute Gasteiger partial charge is 0.251 e. The van der Waals surface area contributed by atoms with Crippen LogP contribution in [0.4, 0.5) is 0 Å². The van der Waals surface area contributed by atoms with E-state index in [0.29, 0.717) is 24.6 Å². The number of guanidine groups is 1. The molecule has 27 heavy (non-hydrogen) atoms. The fourth-order valence-electron chi connectivity index (χ4n) is 2.22. The van der Waals surface area contributed by atoms with Crippen molar-refractivity contribution >= 4 is 17.8 Å². The standard InChI is InChI=1S/C19H24N6O2/c1-2-21-19(25-12-16-5-3-4-10-22-16)24-11-14-6-8-15(9-7-14)18(27)23-13-17(20)26/h3-10H,2,11-13H2,1H3,(H2,20,26)(H,23,27)(H2,21,24,25). The maximum Gasteiger partial charge on any atom is 0.251 e. The molecule has 0 aliphatic heterocycles. The van der Waals surface area contributed by atoms with E-state index in [1.54, 1.807) is 18.3 Å². The van der Waals surface area contributed by atoms with Crippen LogP contribution in [0.5, 0.6) is 0 Å². The zero-order chi connectivity index (χ0) is 19.5. The number of pyridine rings is 1. The largest absolute Gasteiger partial charge is 0.368 e. The number of primary amides is 1. The van der Waals surface area contributed by atoms with Crippen molar-refractivity contribution in [1.82, 2.24) is 20.9 Å². The Morgan fingerprint density at radius 2 is 1.85 bits per heavy atom. The maximum atomic E-state index is 11.9. The van der Waals surface area contributed by atoms with Crippen molar-refractivity contribution in [3.63, 3.8) is 0 Å². The molecule has 0 atom stereocenters. The molecule has 0 bridgehead atoms. The van der Waals surface area contributed by atoms with Crippen molar-refractivity contribution < 1.29 is 9.59 Å². The van der Waals surface area contributed by atoms with Gasteiger partial charge in [-0.05, 0) is 36.8 Å². The summed E-state index contributed by atoms with van der Waals surface area (Å²) in [6.45, 7) is 3.59. The van der Waals surface area contributed by atoms with E-state index in [9.17, 15) is 9.59 Å². The molecule has 0 unspecified atom stereocenters. The summed E-state index contributed by atoms with van der Waals surface area (Å²) in [5.74, 6) is -0.232. The fourth-order valence-corrected chi connectivity index (χ4v) is 2.22. The van der Waals surface area contributed by atoms with Crippen LogP contribution in [0.1, 0.15) is 28.5 Å². The minimum absolute atomic E-state index is 0.182. The molecule has 0 aliphatic carbocycles. The molecule has 0 fully saturated rings. The molecule has 8 heteroatoms. The highest BCUT2D eigenvalue weighted by molar-refractivity contribution is 5.96. The Morgan fingerprint density at radius 3 is 2.48 bits per heavy atom. The molecular formula is C19H24N6O2. The second-order valence-electron chi connectivity index (χ2n) is 5.72. The minimum Gasteiger partial charge on any atom is -0.368 e. The van der Waals surface area contributed by atoms with E-state index in [-0.39, 0.29) is 12.5 Å². The third kappa shape index (κ3) is 7.15. The molecule has 1 aromatic heterocycles. The van der Waals surface area contributed by atoms with Gasteiger partial charge in [0, 0.05) is 18.3 Å². The second-order valence-corrected chi connectivity index (χ2v) is 5.72. The van der Waals surface area contributed by atoms with Crippen molar-refractivity contribution in [1.29, 1.82) is 0 Å². The number of hydrogen-bond donors (Lipinski definition) is 4. The normalized spacial score (nSPS) is 10.9. The highest BCUT2D eigenvalue weighted by Crippen LogP contribution is 2.06. The average molecular weight is 368 g/mol. The topological polar surface area (TPSA) is 122 Å². The average Bonchev–Trinajstić information content (AvgIpc) is 2.69. The third-order valence-corrected chi connectivity index (χ3v) is 3.57. The molecule has 1 heterocycles. The zero-order valence-electron chi connectivity index (χ0n) is 15.2. The number of nitrogens with zero attached hydrogens (tertiary/aromatic N) is 2. The van der Waals surface area contributed by atoms with Gasteiger partial charge in [-0.15, -0.1) is 0 Å². The fraction of sp³-hybridized carbons (Fsp3) is 0.263. The van der Waals surface area contributed by atoms with Crippen LogP contribution >= 0.6 is 0 Å². The first-order chi connectivity index (χ1) is 13.1. The van der Waals surface area contributed by atoms with Crippen molar-refractivity contribution in [3.05, 3.63) is 65.5 Å². The molecule has 2 amide bonds. The Labute approximate surface area is 158 Å². The molecule has 2 rings (SSSR count). The number of amides is 2. The summed E-state index contributed by atoms with van der Waals surface area (Å²) in [4.78, 5) is 31.4. The molecule has 0 radical (unpaired) electrons. The van der Waals surface area contributed by atoms with Crippen molar-refractivity contribution in [2.45, 2.75) is 20.0 Å². The number of carbonyl (C=O) groups is 2. The van der Waals surface area contributed by atoms with Crippen LogP contribution in [-0.4, -0.2) is 35.8 Å². The molecular weight excluding hydrogens is 344 g/mol. The van der Waals surface area contributed by atoms with Crippen LogP contribution in [0.25, 0.3) is 0 Å². The van der Waals surface area contributed by atoms with Gasteiger partial charge in [-0.2, -0.15) is 0 Å². The van der Waals surface area contributed by atoms with Gasteiger partial charge in [0.2, 0.25) is 5.91 Å². The lowest BCUT2D eigenvalue weighted by Crippen LogP contribution is -2.37. The van der Waals surface area contributed by atoms with Gasteiger partial charge in [0.15, 0.2) is 5.96 Å². The monoisotopic (exact) mass is 368 g/mol. The van der Waals surface area contributed by atoms with Crippen LogP contribution < -0.4 is 21.7 Å². The summed E-state index contributed by atoms with van der Waals surface area (Å²) >= 11 is 0. The van der Waals surface area contributed by atoms with E-state index < -0.39 is 5.91 Å². The van der Waals surface area contributed by atoms with Gasteiger partial charge in [-0.1, -0.05) is 18.2 Å². The third-order valence-electron chi connectivity index (χ3n) is 3.57. The van der Waals surface area contributed by atoms with Crippen LogP contribution in [0.15, 0.2) is 53.7 Å². The Balaban J connectivity index is 1.92. The number of carbonyl (C=O) groups excluding carboxylic acids is 2. The quantitative estimate of drug-likeness (QED) is 0.400. The highest BCUT2D eigenvalue weighted by atomic mass is 16.2. The molecule has 0 spiro atoms. The van der Waals surface area contributed by atoms with Crippen LogP contribution in [0.2, 0.25) is 0 Å². The van der Waals surface area contributed by atoms with E-state index in [4.69, 9.17) is 5.73 Å². The number of benzene rings is 1. The minimum atomic E-state index is -0.580. The molecule has 0 saturated carbocycles. The molecule has 1 aromatic carbocycles. The first kappa shape index (κ1) is 19.9. The summed E-state index contributed by atoms with van der Waals surface area (Å²) in [7, 11) is 0. The van der Waals surface area contributed by atoms with Crippen molar-refractivity contribution in [2.24, 2.45) is 10.7 Å².